The number of aromatic nitrogens is 3. The van der Waals surface area contributed by atoms with Crippen molar-refractivity contribution in [1.82, 2.24) is 20.4 Å². The first kappa shape index (κ1) is 17.9. The van der Waals surface area contributed by atoms with E-state index in [0.29, 0.717) is 22.9 Å². The Labute approximate surface area is 154 Å². The first-order chi connectivity index (χ1) is 12.4. The van der Waals surface area contributed by atoms with Gasteiger partial charge in [-0.15, -0.1) is 11.3 Å². The molecule has 3 rings (SSSR count). The second kappa shape index (κ2) is 7.57. The summed E-state index contributed by atoms with van der Waals surface area (Å²) in [7, 11) is 0. The number of thiazole rings is 1. The summed E-state index contributed by atoms with van der Waals surface area (Å²) in [6.07, 6.45) is 0.548. The summed E-state index contributed by atoms with van der Waals surface area (Å²) in [5.74, 6) is -0.235. The van der Waals surface area contributed by atoms with E-state index >= 15 is 0 Å². The number of hydrogen-bond acceptors (Lipinski definition) is 6. The first-order valence-electron chi connectivity index (χ1n) is 8.00. The van der Waals surface area contributed by atoms with Crippen molar-refractivity contribution in [2.45, 2.75) is 27.2 Å². The monoisotopic (exact) mass is 371 g/mol. The lowest BCUT2D eigenvalue weighted by atomic mass is 10.1. The number of carbonyl (C=O) groups excluding carboxylic acids is 1. The van der Waals surface area contributed by atoms with E-state index in [9.17, 15) is 9.18 Å². The summed E-state index contributed by atoms with van der Waals surface area (Å²) in [6.45, 7) is 5.50. The lowest BCUT2D eigenvalue weighted by molar-refractivity contribution is 0.0965. The average molecular weight is 371 g/mol. The van der Waals surface area contributed by atoms with E-state index < -0.39 is 0 Å². The smallest absolute Gasteiger partial charge is 0.266 e. The highest BCUT2D eigenvalue weighted by Crippen LogP contribution is 2.21. The van der Waals surface area contributed by atoms with E-state index in [2.05, 4.69) is 25.8 Å². The van der Waals surface area contributed by atoms with Crippen LogP contribution in [0.15, 0.2) is 30.3 Å². The molecule has 0 unspecified atom stereocenters. The molecule has 0 radical (unpaired) electrons. The molecule has 2 aromatic heterocycles. The Morgan fingerprint density at radius 3 is 2.38 bits per heavy atom. The van der Waals surface area contributed by atoms with Gasteiger partial charge in [0.1, 0.15) is 10.7 Å². The van der Waals surface area contributed by atoms with Crippen molar-refractivity contribution in [3.8, 4) is 0 Å². The molecular formula is C18H18FN5OS. The summed E-state index contributed by atoms with van der Waals surface area (Å²) in [5.41, 5.74) is 8.54. The van der Waals surface area contributed by atoms with E-state index in [1.165, 1.54) is 23.5 Å². The predicted octanol–water partition coefficient (Wildman–Crippen LogP) is 3.35. The maximum atomic E-state index is 13.0. The molecule has 0 spiro atoms. The molecule has 0 saturated carbocycles. The molecular weight excluding hydrogens is 353 g/mol. The summed E-state index contributed by atoms with van der Waals surface area (Å²) < 4.78 is 13.0. The van der Waals surface area contributed by atoms with Crippen molar-refractivity contribution < 1.29 is 9.18 Å². The molecule has 26 heavy (non-hydrogen) atoms. The number of rotatable bonds is 5. The van der Waals surface area contributed by atoms with Crippen molar-refractivity contribution in [2.24, 2.45) is 0 Å². The molecule has 8 heteroatoms. The van der Waals surface area contributed by atoms with Crippen molar-refractivity contribution in [2.75, 3.05) is 5.43 Å². The summed E-state index contributed by atoms with van der Waals surface area (Å²) >= 11 is 1.31. The van der Waals surface area contributed by atoms with Crippen molar-refractivity contribution in [3.63, 3.8) is 0 Å². The second-order valence-electron chi connectivity index (χ2n) is 5.88. The van der Waals surface area contributed by atoms with Gasteiger partial charge < -0.3 is 0 Å². The minimum atomic E-state index is -0.298. The molecule has 0 fully saturated rings. The van der Waals surface area contributed by atoms with Crippen molar-refractivity contribution >= 4 is 23.2 Å². The number of aryl methyl sites for hydroxylation is 3. The number of benzene rings is 1. The third-order valence-electron chi connectivity index (χ3n) is 3.59. The van der Waals surface area contributed by atoms with Gasteiger partial charge in [-0.25, -0.2) is 19.3 Å². The standard InChI is InChI=1S/C18H18FN5OS/c1-10-8-11(2)21-18(20-10)24-23-17(25)16-12(3)22-15(26-16)9-13-4-6-14(19)7-5-13/h4-8H,9H2,1-3H3,(H,23,25)(H,20,21,24). The zero-order valence-corrected chi connectivity index (χ0v) is 15.4. The van der Waals surface area contributed by atoms with Crippen LogP contribution in [-0.2, 0) is 6.42 Å². The lowest BCUT2D eigenvalue weighted by Gasteiger charge is -2.07. The average Bonchev–Trinajstić information content (AvgIpc) is 2.94. The predicted molar refractivity (Wildman–Crippen MR) is 98.7 cm³/mol. The van der Waals surface area contributed by atoms with Gasteiger partial charge in [-0.3, -0.25) is 15.6 Å². The van der Waals surface area contributed by atoms with Gasteiger partial charge in [0.05, 0.1) is 10.7 Å². The number of hydrogen-bond donors (Lipinski definition) is 2. The highest BCUT2D eigenvalue weighted by Gasteiger charge is 2.16. The Hall–Kier alpha value is -2.87. The van der Waals surface area contributed by atoms with E-state index in [0.717, 1.165) is 22.0 Å². The molecule has 3 aromatic rings. The molecule has 0 bridgehead atoms. The zero-order valence-electron chi connectivity index (χ0n) is 14.6. The van der Waals surface area contributed by atoms with Gasteiger partial charge in [0.2, 0.25) is 5.95 Å². The Balaban J connectivity index is 1.67. The summed E-state index contributed by atoms with van der Waals surface area (Å²) in [4.78, 5) is 25.8. The molecule has 6 nitrogen and oxygen atoms in total. The lowest BCUT2D eigenvalue weighted by Crippen LogP contribution is -2.30. The highest BCUT2D eigenvalue weighted by molar-refractivity contribution is 7.13. The summed E-state index contributed by atoms with van der Waals surface area (Å²) in [5, 5.41) is 0.793. The maximum absolute atomic E-state index is 13.0. The second-order valence-corrected chi connectivity index (χ2v) is 6.96. The Morgan fingerprint density at radius 2 is 1.73 bits per heavy atom. The quantitative estimate of drug-likeness (QED) is 0.673. The minimum absolute atomic E-state index is 0.274. The molecule has 0 saturated heterocycles. The van der Waals surface area contributed by atoms with Crippen LogP contribution in [0.25, 0.3) is 0 Å². The minimum Gasteiger partial charge on any atom is -0.266 e. The van der Waals surface area contributed by atoms with Crippen LogP contribution in [0.1, 0.15) is 37.3 Å². The molecule has 2 N–H and O–H groups in total. The van der Waals surface area contributed by atoms with Crippen LogP contribution in [0.3, 0.4) is 0 Å². The number of hydrazine groups is 1. The SMILES string of the molecule is Cc1cc(C)nc(NNC(=O)c2sc(Cc3ccc(F)cc3)nc2C)n1. The van der Waals surface area contributed by atoms with Gasteiger partial charge in [0.25, 0.3) is 5.91 Å². The zero-order chi connectivity index (χ0) is 18.7. The fourth-order valence-corrected chi connectivity index (χ4v) is 3.46. The number of halogens is 1. The van der Waals surface area contributed by atoms with Crippen LogP contribution in [0.2, 0.25) is 0 Å². The Bertz CT molecular complexity index is 919. The van der Waals surface area contributed by atoms with Gasteiger partial charge in [-0.2, -0.15) is 0 Å². The molecule has 1 amide bonds. The number of amides is 1. The molecule has 0 aliphatic rings. The van der Waals surface area contributed by atoms with E-state index in [4.69, 9.17) is 0 Å². The molecule has 0 atom stereocenters. The highest BCUT2D eigenvalue weighted by atomic mass is 32.1. The summed E-state index contributed by atoms with van der Waals surface area (Å²) in [6, 6.07) is 8.10. The maximum Gasteiger partial charge on any atom is 0.281 e. The largest absolute Gasteiger partial charge is 0.281 e. The Kier molecular flexibility index (Phi) is 5.22. The van der Waals surface area contributed by atoms with E-state index in [-0.39, 0.29) is 11.7 Å². The van der Waals surface area contributed by atoms with Crippen LogP contribution in [0.5, 0.6) is 0 Å². The topological polar surface area (TPSA) is 79.8 Å². The third kappa shape index (κ3) is 4.40. The molecule has 0 aliphatic heterocycles. The normalized spacial score (nSPS) is 10.6. The first-order valence-corrected chi connectivity index (χ1v) is 8.82. The van der Waals surface area contributed by atoms with Gasteiger partial charge in [-0.05, 0) is 44.5 Å². The van der Waals surface area contributed by atoms with Crippen molar-refractivity contribution in [3.05, 3.63) is 68.7 Å². The van der Waals surface area contributed by atoms with Crippen LogP contribution in [-0.4, -0.2) is 20.9 Å². The number of carbonyl (C=O) groups is 1. The van der Waals surface area contributed by atoms with Crippen LogP contribution >= 0.6 is 11.3 Å². The molecule has 1 aromatic carbocycles. The Morgan fingerprint density at radius 1 is 1.08 bits per heavy atom. The number of nitrogens with zero attached hydrogens (tertiary/aromatic N) is 3. The van der Waals surface area contributed by atoms with Gasteiger partial charge in [-0.1, -0.05) is 12.1 Å². The van der Waals surface area contributed by atoms with Crippen LogP contribution < -0.4 is 10.9 Å². The van der Waals surface area contributed by atoms with Crippen molar-refractivity contribution in [1.29, 1.82) is 0 Å². The third-order valence-corrected chi connectivity index (χ3v) is 4.74. The van der Waals surface area contributed by atoms with Gasteiger partial charge in [0.15, 0.2) is 0 Å². The number of anilines is 1. The molecule has 2 heterocycles. The van der Waals surface area contributed by atoms with Crippen LogP contribution in [0.4, 0.5) is 10.3 Å². The molecule has 134 valence electrons. The fraction of sp³-hybridized carbons (Fsp3) is 0.222. The van der Waals surface area contributed by atoms with Gasteiger partial charge in [0, 0.05) is 17.8 Å². The molecule has 0 aliphatic carbocycles. The van der Waals surface area contributed by atoms with Crippen LogP contribution in [0, 0.1) is 26.6 Å². The number of nitrogens with one attached hydrogen (secondary N) is 2. The van der Waals surface area contributed by atoms with E-state index in [1.54, 1.807) is 19.1 Å². The van der Waals surface area contributed by atoms with E-state index in [1.807, 2.05) is 19.9 Å². The van der Waals surface area contributed by atoms with Gasteiger partial charge >= 0.3 is 0 Å². The fourth-order valence-electron chi connectivity index (χ4n) is 2.47.